The van der Waals surface area contributed by atoms with Crippen molar-refractivity contribution in [2.24, 2.45) is 5.92 Å². The van der Waals surface area contributed by atoms with E-state index in [-0.39, 0.29) is 21.3 Å². The van der Waals surface area contributed by atoms with E-state index in [9.17, 15) is 19.5 Å². The molecule has 2 heterocycles. The van der Waals surface area contributed by atoms with E-state index in [1.54, 1.807) is 55.5 Å². The Labute approximate surface area is 237 Å². The predicted octanol–water partition coefficient (Wildman–Crippen LogP) is 5.69. The zero-order valence-electron chi connectivity index (χ0n) is 23.1. The number of Topliss-reactive ketones (excluding diaryl/α,β-unsaturated/α-hetero) is 1. The summed E-state index contributed by atoms with van der Waals surface area (Å²) in [7, 11) is 1.26. The molecule has 1 amide bonds. The highest BCUT2D eigenvalue weighted by molar-refractivity contribution is 7.17. The Morgan fingerprint density at radius 3 is 2.48 bits per heavy atom. The number of nitrogens with zero attached hydrogens (tertiary/aromatic N) is 2. The van der Waals surface area contributed by atoms with Gasteiger partial charge in [0.1, 0.15) is 10.6 Å². The van der Waals surface area contributed by atoms with Crippen molar-refractivity contribution in [1.29, 1.82) is 0 Å². The van der Waals surface area contributed by atoms with E-state index >= 15 is 0 Å². The number of thiazole rings is 1. The van der Waals surface area contributed by atoms with Crippen molar-refractivity contribution in [2.75, 3.05) is 25.2 Å². The van der Waals surface area contributed by atoms with Crippen LogP contribution in [0.5, 0.6) is 11.5 Å². The fourth-order valence-corrected chi connectivity index (χ4v) is 5.36. The van der Waals surface area contributed by atoms with Gasteiger partial charge in [0.25, 0.3) is 5.78 Å². The molecule has 1 aliphatic rings. The smallest absolute Gasteiger partial charge is 0.350 e. The first-order valence-electron chi connectivity index (χ1n) is 13.0. The number of amides is 1. The van der Waals surface area contributed by atoms with Crippen molar-refractivity contribution < 1.29 is 33.7 Å². The molecule has 1 aliphatic heterocycles. The van der Waals surface area contributed by atoms with Crippen LogP contribution >= 0.6 is 11.3 Å². The van der Waals surface area contributed by atoms with Gasteiger partial charge < -0.3 is 19.3 Å². The van der Waals surface area contributed by atoms with Gasteiger partial charge in [0, 0.05) is 5.56 Å². The van der Waals surface area contributed by atoms with Gasteiger partial charge in [-0.3, -0.25) is 14.5 Å². The van der Waals surface area contributed by atoms with E-state index in [2.05, 4.69) is 18.8 Å². The first kappa shape index (κ1) is 28.8. The molecule has 0 saturated carbocycles. The summed E-state index contributed by atoms with van der Waals surface area (Å²) in [6.45, 7) is 8.55. The Morgan fingerprint density at radius 1 is 1.10 bits per heavy atom. The molecule has 2 aromatic carbocycles. The number of rotatable bonds is 10. The van der Waals surface area contributed by atoms with Crippen molar-refractivity contribution in [1.82, 2.24) is 4.98 Å². The van der Waals surface area contributed by atoms with Gasteiger partial charge in [-0.1, -0.05) is 61.6 Å². The number of aliphatic hydroxyl groups excluding tert-OH is 1. The van der Waals surface area contributed by atoms with Crippen LogP contribution < -0.4 is 14.4 Å². The van der Waals surface area contributed by atoms with Crippen molar-refractivity contribution in [2.45, 2.75) is 40.2 Å². The van der Waals surface area contributed by atoms with E-state index in [0.717, 1.165) is 17.8 Å². The van der Waals surface area contributed by atoms with Crippen LogP contribution in [0, 0.1) is 12.8 Å². The predicted molar refractivity (Wildman–Crippen MR) is 152 cm³/mol. The Morgan fingerprint density at radius 2 is 1.82 bits per heavy atom. The monoisotopic (exact) mass is 564 g/mol. The number of carbonyl (C=O) groups excluding carboxylic acids is 3. The van der Waals surface area contributed by atoms with Gasteiger partial charge in [0.15, 0.2) is 16.6 Å². The van der Waals surface area contributed by atoms with E-state index in [1.165, 1.54) is 12.0 Å². The number of benzene rings is 2. The van der Waals surface area contributed by atoms with E-state index < -0.39 is 23.7 Å². The number of ether oxygens (including phenoxy) is 3. The summed E-state index contributed by atoms with van der Waals surface area (Å²) in [6.07, 6.45) is 0.858. The summed E-state index contributed by atoms with van der Waals surface area (Å²) in [6, 6.07) is 12.7. The molecule has 1 unspecified atom stereocenters. The fraction of sp³-hybridized carbons (Fsp3) is 0.333. The number of aliphatic hydroxyl groups is 1. The van der Waals surface area contributed by atoms with Crippen LogP contribution in [0.3, 0.4) is 0 Å². The van der Waals surface area contributed by atoms with Gasteiger partial charge in [-0.25, -0.2) is 9.78 Å². The zero-order chi connectivity index (χ0) is 29.0. The number of esters is 1. The van der Waals surface area contributed by atoms with Crippen LogP contribution in [0.15, 0.2) is 54.1 Å². The lowest BCUT2D eigenvalue weighted by Gasteiger charge is -2.24. The summed E-state index contributed by atoms with van der Waals surface area (Å²) < 4.78 is 16.7. The van der Waals surface area contributed by atoms with Crippen molar-refractivity contribution in [3.05, 3.63) is 75.8 Å². The minimum absolute atomic E-state index is 0.0976. The van der Waals surface area contributed by atoms with Crippen LogP contribution in [0.4, 0.5) is 5.13 Å². The second-order valence-electron chi connectivity index (χ2n) is 9.61. The van der Waals surface area contributed by atoms with Crippen molar-refractivity contribution in [3.63, 3.8) is 0 Å². The number of ketones is 1. The lowest BCUT2D eigenvalue weighted by Crippen LogP contribution is -2.29. The van der Waals surface area contributed by atoms with Gasteiger partial charge >= 0.3 is 11.9 Å². The number of aromatic nitrogens is 1. The van der Waals surface area contributed by atoms with Crippen LogP contribution in [0.2, 0.25) is 0 Å². The normalized spacial score (nSPS) is 16.4. The standard InChI is InChI=1S/C30H32N2O7S/c1-6-38-22-16-20(12-13-21(22)39-15-14-17(2)3)24-23(25(33)19-10-8-7-9-11-19)26(34)28(35)32(24)30-31-18(4)27(40-30)29(36)37-5/h7-13,16-17,24,33H,6,14-15H2,1-5H3. The summed E-state index contributed by atoms with van der Waals surface area (Å²) in [5, 5.41) is 11.5. The second-order valence-corrected chi connectivity index (χ2v) is 10.6. The third-order valence-corrected chi connectivity index (χ3v) is 7.53. The van der Waals surface area contributed by atoms with Crippen molar-refractivity contribution >= 4 is 39.9 Å². The second kappa shape index (κ2) is 12.3. The molecule has 4 rings (SSSR count). The molecule has 1 aromatic heterocycles. The largest absolute Gasteiger partial charge is 0.507 e. The summed E-state index contributed by atoms with van der Waals surface area (Å²) in [4.78, 5) is 45.1. The van der Waals surface area contributed by atoms with E-state index in [1.807, 2.05) is 6.92 Å². The molecule has 1 fully saturated rings. The minimum Gasteiger partial charge on any atom is -0.507 e. The summed E-state index contributed by atoms with van der Waals surface area (Å²) in [5.74, 6) is -1.21. The SMILES string of the molecule is CCOc1cc(C2C(=C(O)c3ccccc3)C(=O)C(=O)N2c2nc(C)c(C(=O)OC)s2)ccc1OCCC(C)C. The first-order valence-corrected chi connectivity index (χ1v) is 13.8. The Kier molecular flexibility index (Phi) is 8.89. The van der Waals surface area contributed by atoms with E-state index in [0.29, 0.717) is 47.5 Å². The first-order chi connectivity index (χ1) is 19.2. The molecule has 0 spiro atoms. The molecular weight excluding hydrogens is 532 g/mol. The molecule has 40 heavy (non-hydrogen) atoms. The maximum Gasteiger partial charge on any atom is 0.350 e. The average molecular weight is 565 g/mol. The topological polar surface area (TPSA) is 115 Å². The Hall–Kier alpha value is -4.18. The molecule has 3 aromatic rings. The maximum atomic E-state index is 13.5. The number of methoxy groups -OCH3 is 1. The molecule has 10 heteroatoms. The quantitative estimate of drug-likeness (QED) is 0.145. The van der Waals surface area contributed by atoms with Gasteiger partial charge in [0.05, 0.1) is 37.6 Å². The molecule has 0 aliphatic carbocycles. The Bertz CT molecular complexity index is 1450. The third kappa shape index (κ3) is 5.72. The average Bonchev–Trinajstić information content (AvgIpc) is 3.45. The van der Waals surface area contributed by atoms with Crippen molar-refractivity contribution in [3.8, 4) is 11.5 Å². The molecule has 1 atom stereocenters. The molecular formula is C30H32N2O7S. The molecule has 210 valence electrons. The number of carbonyl (C=O) groups is 3. The van der Waals surface area contributed by atoms with Gasteiger partial charge in [-0.05, 0) is 43.9 Å². The number of hydrogen-bond acceptors (Lipinski definition) is 9. The fourth-order valence-electron chi connectivity index (χ4n) is 4.35. The molecule has 1 N–H and O–H groups in total. The third-order valence-electron chi connectivity index (χ3n) is 6.39. The number of anilines is 1. The molecule has 1 saturated heterocycles. The van der Waals surface area contributed by atoms with Crippen LogP contribution in [-0.4, -0.2) is 48.1 Å². The zero-order valence-corrected chi connectivity index (χ0v) is 23.9. The maximum absolute atomic E-state index is 13.5. The van der Waals surface area contributed by atoms with Crippen LogP contribution in [0.25, 0.3) is 5.76 Å². The number of hydrogen-bond donors (Lipinski definition) is 1. The highest BCUT2D eigenvalue weighted by Gasteiger charge is 2.48. The summed E-state index contributed by atoms with van der Waals surface area (Å²) in [5.41, 5.74) is 1.15. The highest BCUT2D eigenvalue weighted by Crippen LogP contribution is 2.45. The molecule has 9 nitrogen and oxygen atoms in total. The van der Waals surface area contributed by atoms with E-state index in [4.69, 9.17) is 14.2 Å². The van der Waals surface area contributed by atoms with Gasteiger partial charge in [-0.2, -0.15) is 0 Å². The lowest BCUT2D eigenvalue weighted by atomic mass is 9.95. The molecule has 0 bridgehead atoms. The van der Waals surface area contributed by atoms with Gasteiger partial charge in [0.2, 0.25) is 0 Å². The Balaban J connectivity index is 1.89. The van der Waals surface area contributed by atoms with Crippen LogP contribution in [0.1, 0.15) is 59.7 Å². The number of aryl methyl sites for hydroxylation is 1. The van der Waals surface area contributed by atoms with Crippen LogP contribution in [-0.2, 0) is 14.3 Å². The molecule has 0 radical (unpaired) electrons. The van der Waals surface area contributed by atoms with Gasteiger partial charge in [-0.15, -0.1) is 0 Å². The highest BCUT2D eigenvalue weighted by atomic mass is 32.1. The summed E-state index contributed by atoms with van der Waals surface area (Å²) >= 11 is 0.942. The lowest BCUT2D eigenvalue weighted by molar-refractivity contribution is -0.132. The minimum atomic E-state index is -1.04.